The van der Waals surface area contributed by atoms with Crippen LogP contribution in [0.15, 0.2) is 243 Å². The number of rotatable bonds is 10. The Morgan fingerprint density at radius 1 is 0.317 bits per heavy atom. The first-order valence-electron chi connectivity index (χ1n) is 28.5. The normalized spacial score (nSPS) is 12.5. The third-order valence-electron chi connectivity index (χ3n) is 17.1. The third-order valence-corrected chi connectivity index (χ3v) is 23.6. The highest BCUT2D eigenvalue weighted by atomic mass is 32.1. The van der Waals surface area contributed by atoms with Gasteiger partial charge in [0.1, 0.15) is 0 Å². The molecule has 394 valence electrons. The molecule has 16 rings (SSSR count). The van der Waals surface area contributed by atoms with Crippen molar-refractivity contribution in [2.45, 2.75) is 39.3 Å². The lowest BCUT2D eigenvalue weighted by Crippen LogP contribution is -2.37. The van der Waals surface area contributed by atoms with Crippen molar-refractivity contribution in [3.63, 3.8) is 0 Å². The van der Waals surface area contributed by atoms with Crippen LogP contribution in [0.25, 0.3) is 106 Å². The van der Waals surface area contributed by atoms with E-state index < -0.39 is 16.1 Å². The van der Waals surface area contributed by atoms with Crippen LogP contribution in [0.3, 0.4) is 0 Å². The molecular weight excluding hydrogens is 1070 g/mol. The van der Waals surface area contributed by atoms with E-state index in [1.165, 1.54) is 116 Å². The molecule has 4 aromatic heterocycles. The van der Waals surface area contributed by atoms with Crippen molar-refractivity contribution in [3.05, 3.63) is 243 Å². The number of nitrogens with zero attached hydrogens (tertiary/aromatic N) is 4. The molecule has 0 aliphatic rings. The highest BCUT2D eigenvalue weighted by molar-refractivity contribution is 7.27. The lowest BCUT2D eigenvalue weighted by Gasteiger charge is -2.27. The van der Waals surface area contributed by atoms with Crippen LogP contribution in [0.5, 0.6) is 0 Å². The van der Waals surface area contributed by atoms with Crippen molar-refractivity contribution >= 4 is 178 Å². The Morgan fingerprint density at radius 2 is 0.744 bits per heavy atom. The summed E-state index contributed by atoms with van der Waals surface area (Å²) in [7, 11) is -3.07. The summed E-state index contributed by atoms with van der Waals surface area (Å²) in [4.78, 5) is 4.95. The van der Waals surface area contributed by atoms with Gasteiger partial charge >= 0.3 is 0 Å². The van der Waals surface area contributed by atoms with Gasteiger partial charge in [-0.25, -0.2) is 0 Å². The number of hydrogen-bond donors (Lipinski definition) is 0. The molecule has 0 unspecified atom stereocenters. The molecule has 0 saturated carbocycles. The molecule has 0 atom stereocenters. The van der Waals surface area contributed by atoms with Crippen LogP contribution in [-0.2, 0) is 0 Å². The first-order chi connectivity index (χ1) is 40.0. The Kier molecular flexibility index (Phi) is 11.0. The molecule has 4 heterocycles. The van der Waals surface area contributed by atoms with Crippen molar-refractivity contribution < 1.29 is 0 Å². The Labute approximate surface area is 486 Å². The summed E-state index contributed by atoms with van der Waals surface area (Å²) in [5.41, 5.74) is 14.2. The summed E-state index contributed by atoms with van der Waals surface area (Å²) < 4.78 is 10.2. The number of thiophene rings is 2. The van der Waals surface area contributed by atoms with E-state index in [1.807, 2.05) is 22.7 Å². The fourth-order valence-corrected chi connectivity index (χ4v) is 18.1. The van der Waals surface area contributed by atoms with Crippen molar-refractivity contribution in [1.29, 1.82) is 0 Å². The van der Waals surface area contributed by atoms with E-state index in [9.17, 15) is 0 Å². The van der Waals surface area contributed by atoms with Gasteiger partial charge in [-0.05, 0) is 120 Å². The Hall–Kier alpha value is -8.77. The summed E-state index contributed by atoms with van der Waals surface area (Å²) in [6.45, 7) is 14.6. The van der Waals surface area contributed by atoms with Gasteiger partial charge < -0.3 is 18.9 Å². The second-order valence-corrected chi connectivity index (χ2v) is 36.4. The molecule has 12 aromatic carbocycles. The molecule has 8 heteroatoms. The Morgan fingerprint density at radius 3 is 1.23 bits per heavy atom. The predicted molar refractivity (Wildman–Crippen MR) is 365 cm³/mol. The second-order valence-electron chi connectivity index (χ2n) is 24.1. The maximum absolute atomic E-state index is 2.69. The number of para-hydroxylation sites is 4. The quantitative estimate of drug-likeness (QED) is 0.100. The Balaban J connectivity index is 1.03. The zero-order chi connectivity index (χ0) is 55.2. The van der Waals surface area contributed by atoms with E-state index in [0.29, 0.717) is 0 Å². The minimum absolute atomic E-state index is 1.14. The number of hydrogen-bond acceptors (Lipinski definition) is 4. The van der Waals surface area contributed by atoms with Crippen LogP contribution in [0.1, 0.15) is 0 Å². The molecule has 0 radical (unpaired) electrons. The highest BCUT2D eigenvalue weighted by Gasteiger charge is 2.29. The van der Waals surface area contributed by atoms with Crippen LogP contribution >= 0.6 is 22.7 Å². The van der Waals surface area contributed by atoms with Gasteiger partial charge in [0, 0.05) is 86.6 Å². The average Bonchev–Trinajstić information content (AvgIpc) is 4.15. The van der Waals surface area contributed by atoms with Crippen molar-refractivity contribution in [2.75, 3.05) is 9.80 Å². The zero-order valence-corrected chi connectivity index (χ0v) is 50.3. The number of aromatic nitrogens is 2. The molecule has 0 bridgehead atoms. The first-order valence-corrected chi connectivity index (χ1v) is 37.1. The summed E-state index contributed by atoms with van der Waals surface area (Å²) in [5, 5.41) is 15.6. The zero-order valence-electron chi connectivity index (χ0n) is 46.7. The molecule has 0 fully saturated rings. The lowest BCUT2D eigenvalue weighted by atomic mass is 9.98. The van der Waals surface area contributed by atoms with Crippen molar-refractivity contribution in [3.8, 4) is 11.4 Å². The van der Waals surface area contributed by atoms with Gasteiger partial charge in [-0.1, -0.05) is 183 Å². The van der Waals surface area contributed by atoms with Crippen LogP contribution < -0.4 is 20.2 Å². The first kappa shape index (κ1) is 49.1. The number of benzene rings is 12. The maximum atomic E-state index is 2.69. The summed E-state index contributed by atoms with van der Waals surface area (Å²) in [6, 6.07) is 91.4. The van der Waals surface area contributed by atoms with E-state index in [-0.39, 0.29) is 0 Å². The van der Waals surface area contributed by atoms with Gasteiger partial charge in [-0.2, -0.15) is 0 Å². The smallest absolute Gasteiger partial charge is 0.0775 e. The molecule has 0 N–H and O–H groups in total. The minimum Gasteiger partial charge on any atom is -0.309 e. The monoisotopic (exact) mass is 1120 g/mol. The van der Waals surface area contributed by atoms with Gasteiger partial charge in [0.25, 0.3) is 0 Å². The summed E-state index contributed by atoms with van der Waals surface area (Å²) in [6.07, 6.45) is 0. The molecule has 0 amide bonds. The Bertz CT molecular complexity index is 4910. The van der Waals surface area contributed by atoms with Gasteiger partial charge in [0.15, 0.2) is 0 Å². The SMILES string of the molecule is C[Si](C)(C)c1ccc(N(c2ccccc2)c2cccc3c2sc2cc4ccc5cc6sc7c(N(c8ccccc8)c8ccc([Si](C)(C)C)cc8)cccc7c6c6c5c4c(c23)n6-c2ccc3c(c2)c2ccccc2n3-c2ccccc2)cc1. The molecule has 4 nitrogen and oxygen atoms in total. The third kappa shape index (κ3) is 7.52. The molecule has 0 aliphatic heterocycles. The standard InChI is InChI=1S/C74H58N4S2Si2/c1-81(2,3)55-39-34-52(35-40-55)75(49-20-10-7-11-21-49)63-30-18-27-58-69-65(79-73(58)63)44-47-32-33-48-45-66-70(59-28-19-31-64(74(59)80-66)76(50-22-12-8-13-23-50)53-36-41-56(42-37-53)82(4,5)6)72-68(48)67(47)71(69)78(72)54-38-43-62-60(46-54)57-26-16-17-29-61(57)77(62)51-24-14-9-15-25-51/h7-46H,1-6H3. The largest absolute Gasteiger partial charge is 0.309 e. The van der Waals surface area contributed by atoms with Gasteiger partial charge in [0.05, 0.1) is 59.0 Å². The van der Waals surface area contributed by atoms with E-state index in [1.54, 1.807) is 0 Å². The molecule has 0 aliphatic carbocycles. The molecule has 82 heavy (non-hydrogen) atoms. The summed E-state index contributed by atoms with van der Waals surface area (Å²) in [5.74, 6) is 0. The predicted octanol–water partition coefficient (Wildman–Crippen LogP) is 21.2. The van der Waals surface area contributed by atoms with E-state index in [2.05, 4.69) is 301 Å². The van der Waals surface area contributed by atoms with E-state index >= 15 is 0 Å². The summed E-state index contributed by atoms with van der Waals surface area (Å²) >= 11 is 3.84. The topological polar surface area (TPSA) is 16.3 Å². The van der Waals surface area contributed by atoms with Crippen LogP contribution in [0.4, 0.5) is 34.1 Å². The van der Waals surface area contributed by atoms with Crippen molar-refractivity contribution in [1.82, 2.24) is 9.13 Å². The fraction of sp³-hybridized carbons (Fsp3) is 0.0811. The fourth-order valence-electron chi connectivity index (χ4n) is 13.2. The van der Waals surface area contributed by atoms with Gasteiger partial charge in [0.2, 0.25) is 0 Å². The highest BCUT2D eigenvalue weighted by Crippen LogP contribution is 2.54. The number of anilines is 6. The van der Waals surface area contributed by atoms with Crippen LogP contribution in [-0.4, -0.2) is 25.3 Å². The van der Waals surface area contributed by atoms with Crippen molar-refractivity contribution in [2.24, 2.45) is 0 Å². The van der Waals surface area contributed by atoms with E-state index in [0.717, 1.165) is 34.1 Å². The molecule has 0 spiro atoms. The molecular formula is C74H58N4S2Si2. The minimum atomic E-state index is -1.54. The average molecular weight is 1120 g/mol. The van der Waals surface area contributed by atoms with Gasteiger partial charge in [-0.3, -0.25) is 0 Å². The molecule has 0 saturated heterocycles. The second kappa shape index (κ2) is 18.4. The van der Waals surface area contributed by atoms with Gasteiger partial charge in [-0.15, -0.1) is 22.7 Å². The lowest BCUT2D eigenvalue weighted by molar-refractivity contribution is 1.17. The number of fused-ring (bicyclic) bond motifs is 11. The van der Waals surface area contributed by atoms with Crippen LogP contribution in [0.2, 0.25) is 39.3 Å². The van der Waals surface area contributed by atoms with E-state index in [4.69, 9.17) is 0 Å². The van der Waals surface area contributed by atoms with Crippen LogP contribution in [0, 0.1) is 0 Å². The maximum Gasteiger partial charge on any atom is 0.0775 e. The molecule has 16 aromatic rings.